The fraction of sp³-hybridized carbons (Fsp3) is 0. The van der Waals surface area contributed by atoms with Gasteiger partial charge >= 0.3 is 11.9 Å². The molecule has 6 nitrogen and oxygen atoms in total. The maximum absolute atomic E-state index is 11.1. The lowest BCUT2D eigenvalue weighted by Gasteiger charge is -2.06. The van der Waals surface area contributed by atoms with Crippen molar-refractivity contribution in [1.29, 1.82) is 0 Å². The molecule has 0 bridgehead atoms. The largest absolute Gasteiger partial charge is 0.478 e. The number of hydrogen-bond donors (Lipinski definition) is 3. The van der Waals surface area contributed by atoms with Crippen molar-refractivity contribution in [2.24, 2.45) is 0 Å². The molecule has 0 aliphatic heterocycles. The first-order chi connectivity index (χ1) is 10.0. The van der Waals surface area contributed by atoms with Crippen LogP contribution in [-0.2, 0) is 0 Å². The molecular formula is C15H10N2O4. The molecule has 0 saturated carbocycles. The minimum Gasteiger partial charge on any atom is -0.478 e. The zero-order valence-electron chi connectivity index (χ0n) is 10.7. The zero-order chi connectivity index (χ0) is 15.0. The number of carboxylic acids is 2. The quantitative estimate of drug-likeness (QED) is 0.685. The summed E-state index contributed by atoms with van der Waals surface area (Å²) in [6, 6.07) is 9.40. The van der Waals surface area contributed by atoms with E-state index in [9.17, 15) is 9.59 Å². The summed E-state index contributed by atoms with van der Waals surface area (Å²) in [6.07, 6.45) is 1.56. The number of imidazole rings is 1. The van der Waals surface area contributed by atoms with Gasteiger partial charge in [-0.15, -0.1) is 0 Å². The lowest BCUT2D eigenvalue weighted by Crippen LogP contribution is -2.03. The van der Waals surface area contributed by atoms with Crippen LogP contribution in [0.3, 0.4) is 0 Å². The van der Waals surface area contributed by atoms with Crippen molar-refractivity contribution < 1.29 is 19.8 Å². The summed E-state index contributed by atoms with van der Waals surface area (Å²) >= 11 is 0. The molecule has 0 spiro atoms. The SMILES string of the molecule is O=C(O)c1cc(C(=O)O)cc(-c2ccc3nc[nH]c3c2)c1. The van der Waals surface area contributed by atoms with Crippen molar-refractivity contribution in [1.82, 2.24) is 9.97 Å². The van der Waals surface area contributed by atoms with Gasteiger partial charge in [-0.3, -0.25) is 0 Å². The molecule has 0 fully saturated rings. The van der Waals surface area contributed by atoms with Crippen molar-refractivity contribution in [3.05, 3.63) is 53.9 Å². The average Bonchev–Trinajstić information content (AvgIpc) is 2.94. The molecule has 2 aromatic carbocycles. The Morgan fingerprint density at radius 2 is 1.57 bits per heavy atom. The van der Waals surface area contributed by atoms with Crippen LogP contribution in [0.2, 0.25) is 0 Å². The number of hydrogen-bond acceptors (Lipinski definition) is 3. The number of rotatable bonds is 3. The molecule has 0 aliphatic carbocycles. The van der Waals surface area contributed by atoms with Crippen LogP contribution in [-0.4, -0.2) is 32.1 Å². The van der Waals surface area contributed by atoms with Crippen LogP contribution in [0.1, 0.15) is 20.7 Å². The van der Waals surface area contributed by atoms with E-state index in [4.69, 9.17) is 10.2 Å². The number of carboxylic acid groups (broad SMARTS) is 2. The highest BCUT2D eigenvalue weighted by atomic mass is 16.4. The fourth-order valence-corrected chi connectivity index (χ4v) is 2.16. The zero-order valence-corrected chi connectivity index (χ0v) is 10.7. The number of aromatic amines is 1. The number of nitrogens with one attached hydrogen (secondary N) is 1. The Labute approximate surface area is 118 Å². The second-order valence-corrected chi connectivity index (χ2v) is 4.54. The highest BCUT2D eigenvalue weighted by molar-refractivity contribution is 5.96. The molecule has 0 saturated heterocycles. The van der Waals surface area contributed by atoms with E-state index < -0.39 is 11.9 Å². The topological polar surface area (TPSA) is 103 Å². The summed E-state index contributed by atoms with van der Waals surface area (Å²) < 4.78 is 0. The van der Waals surface area contributed by atoms with Gasteiger partial charge in [-0.25, -0.2) is 14.6 Å². The summed E-state index contributed by atoms with van der Waals surface area (Å²) in [5.74, 6) is -2.33. The van der Waals surface area contributed by atoms with E-state index in [2.05, 4.69) is 9.97 Å². The molecule has 0 atom stereocenters. The molecular weight excluding hydrogens is 272 g/mol. The van der Waals surface area contributed by atoms with E-state index in [0.717, 1.165) is 22.7 Å². The van der Waals surface area contributed by atoms with Crippen LogP contribution in [0.4, 0.5) is 0 Å². The van der Waals surface area contributed by atoms with Crippen LogP contribution < -0.4 is 0 Å². The van der Waals surface area contributed by atoms with Gasteiger partial charge in [-0.1, -0.05) is 6.07 Å². The summed E-state index contributed by atoms with van der Waals surface area (Å²) in [6.45, 7) is 0. The normalized spacial score (nSPS) is 10.7. The molecule has 6 heteroatoms. The van der Waals surface area contributed by atoms with Gasteiger partial charge in [-0.2, -0.15) is 0 Å². The Balaban J connectivity index is 2.19. The predicted molar refractivity (Wildman–Crippen MR) is 75.4 cm³/mol. The van der Waals surface area contributed by atoms with Crippen LogP contribution in [0.15, 0.2) is 42.7 Å². The second kappa shape index (κ2) is 4.75. The molecule has 3 rings (SSSR count). The highest BCUT2D eigenvalue weighted by Crippen LogP contribution is 2.25. The summed E-state index contributed by atoms with van der Waals surface area (Å²) in [5.41, 5.74) is 2.71. The van der Waals surface area contributed by atoms with Crippen LogP contribution in [0.25, 0.3) is 22.2 Å². The van der Waals surface area contributed by atoms with Gasteiger partial charge < -0.3 is 15.2 Å². The van der Waals surface area contributed by atoms with Crippen LogP contribution in [0.5, 0.6) is 0 Å². The molecule has 104 valence electrons. The minimum atomic E-state index is -1.16. The molecule has 1 aromatic heterocycles. The van der Waals surface area contributed by atoms with Gasteiger partial charge in [-0.05, 0) is 41.5 Å². The number of carbonyl (C=O) groups is 2. The maximum atomic E-state index is 11.1. The Morgan fingerprint density at radius 3 is 2.19 bits per heavy atom. The number of aromatic nitrogens is 2. The fourth-order valence-electron chi connectivity index (χ4n) is 2.16. The molecule has 0 amide bonds. The summed E-state index contributed by atoms with van der Waals surface area (Å²) in [4.78, 5) is 29.3. The number of benzene rings is 2. The Kier molecular flexibility index (Phi) is 2.91. The number of fused-ring (bicyclic) bond motifs is 1. The van der Waals surface area contributed by atoms with E-state index in [1.807, 2.05) is 0 Å². The van der Waals surface area contributed by atoms with Crippen LogP contribution >= 0.6 is 0 Å². The van der Waals surface area contributed by atoms with Gasteiger partial charge in [0, 0.05) is 0 Å². The first-order valence-corrected chi connectivity index (χ1v) is 6.10. The Morgan fingerprint density at radius 1 is 0.905 bits per heavy atom. The smallest absolute Gasteiger partial charge is 0.335 e. The van der Waals surface area contributed by atoms with Crippen molar-refractivity contribution in [3.8, 4) is 11.1 Å². The van der Waals surface area contributed by atoms with Crippen molar-refractivity contribution in [3.63, 3.8) is 0 Å². The van der Waals surface area contributed by atoms with E-state index in [1.54, 1.807) is 24.5 Å². The molecule has 0 unspecified atom stereocenters. The standard InChI is InChI=1S/C15H10N2O4/c18-14(19)10-3-9(4-11(5-10)15(20)21)8-1-2-12-13(6-8)17-7-16-12/h1-7H,(H,16,17)(H,18,19)(H,20,21). The van der Waals surface area contributed by atoms with Gasteiger partial charge in [0.25, 0.3) is 0 Å². The highest BCUT2D eigenvalue weighted by Gasteiger charge is 2.12. The van der Waals surface area contributed by atoms with Gasteiger partial charge in [0.1, 0.15) is 0 Å². The Bertz CT molecular complexity index is 835. The molecule has 3 N–H and O–H groups in total. The summed E-state index contributed by atoms with van der Waals surface area (Å²) in [5, 5.41) is 18.2. The van der Waals surface area contributed by atoms with Gasteiger partial charge in [0.2, 0.25) is 0 Å². The van der Waals surface area contributed by atoms with Gasteiger partial charge in [0.15, 0.2) is 0 Å². The molecule has 1 heterocycles. The number of nitrogens with zero attached hydrogens (tertiary/aromatic N) is 1. The maximum Gasteiger partial charge on any atom is 0.335 e. The number of aromatic carboxylic acids is 2. The number of H-pyrrole nitrogens is 1. The van der Waals surface area contributed by atoms with Gasteiger partial charge in [0.05, 0.1) is 28.5 Å². The Hall–Kier alpha value is -3.15. The molecule has 3 aromatic rings. The predicted octanol–water partition coefficient (Wildman–Crippen LogP) is 2.63. The first-order valence-electron chi connectivity index (χ1n) is 6.10. The summed E-state index contributed by atoms with van der Waals surface area (Å²) in [7, 11) is 0. The third-order valence-corrected chi connectivity index (χ3v) is 3.18. The molecule has 0 aliphatic rings. The minimum absolute atomic E-state index is 0.0605. The molecule has 21 heavy (non-hydrogen) atoms. The third kappa shape index (κ3) is 2.34. The average molecular weight is 282 g/mol. The lowest BCUT2D eigenvalue weighted by molar-refractivity contribution is 0.0696. The van der Waals surface area contributed by atoms with E-state index in [-0.39, 0.29) is 11.1 Å². The lowest BCUT2D eigenvalue weighted by atomic mass is 9.99. The van der Waals surface area contributed by atoms with E-state index in [1.165, 1.54) is 12.1 Å². The van der Waals surface area contributed by atoms with Crippen molar-refractivity contribution >= 4 is 23.0 Å². The first kappa shape index (κ1) is 12.9. The van der Waals surface area contributed by atoms with Crippen LogP contribution in [0, 0.1) is 0 Å². The third-order valence-electron chi connectivity index (χ3n) is 3.18. The van der Waals surface area contributed by atoms with Crippen molar-refractivity contribution in [2.75, 3.05) is 0 Å². The molecule has 0 radical (unpaired) electrons. The van der Waals surface area contributed by atoms with E-state index >= 15 is 0 Å². The van der Waals surface area contributed by atoms with E-state index in [0.29, 0.717) is 5.56 Å². The monoisotopic (exact) mass is 282 g/mol. The second-order valence-electron chi connectivity index (χ2n) is 4.54. The van der Waals surface area contributed by atoms with Crippen molar-refractivity contribution in [2.45, 2.75) is 0 Å².